The highest BCUT2D eigenvalue weighted by molar-refractivity contribution is 7.92. The number of rotatable bonds is 5. The first kappa shape index (κ1) is 21.5. The summed E-state index contributed by atoms with van der Waals surface area (Å²) in [7, 11) is -3.85. The molecule has 1 aromatic heterocycles. The van der Waals surface area contributed by atoms with Crippen LogP contribution in [-0.2, 0) is 10.0 Å². The SMILES string of the molecule is O=S(=O)(Nc1ccc2cc(-c3nc(-c4ccccc4)no3)ccc2c1)c1cc(Cl)cc(Cl)c1. The zero-order valence-electron chi connectivity index (χ0n) is 16.9. The van der Waals surface area contributed by atoms with Crippen molar-refractivity contribution in [3.63, 3.8) is 0 Å². The highest BCUT2D eigenvalue weighted by Crippen LogP contribution is 2.29. The van der Waals surface area contributed by atoms with E-state index in [0.717, 1.165) is 21.9 Å². The number of halogens is 2. The molecular formula is C24H15Cl2N3O3S. The normalized spacial score (nSPS) is 11.6. The van der Waals surface area contributed by atoms with Gasteiger partial charge in [0.1, 0.15) is 0 Å². The molecule has 0 saturated carbocycles. The van der Waals surface area contributed by atoms with Gasteiger partial charge in [0.25, 0.3) is 15.9 Å². The molecule has 5 rings (SSSR count). The Kier molecular flexibility index (Phi) is 5.54. The van der Waals surface area contributed by atoms with E-state index in [1.165, 1.54) is 18.2 Å². The summed E-state index contributed by atoms with van der Waals surface area (Å²) >= 11 is 11.9. The molecule has 0 aliphatic rings. The predicted molar refractivity (Wildman–Crippen MR) is 130 cm³/mol. The highest BCUT2D eigenvalue weighted by atomic mass is 35.5. The second-order valence-corrected chi connectivity index (χ2v) is 9.83. The molecular weight excluding hydrogens is 481 g/mol. The second-order valence-electron chi connectivity index (χ2n) is 7.28. The first-order chi connectivity index (χ1) is 15.9. The molecule has 1 heterocycles. The zero-order chi connectivity index (χ0) is 23.0. The van der Waals surface area contributed by atoms with E-state index in [2.05, 4.69) is 14.9 Å². The van der Waals surface area contributed by atoms with Crippen molar-refractivity contribution in [3.05, 3.63) is 95.0 Å². The minimum atomic E-state index is -3.85. The van der Waals surface area contributed by atoms with E-state index >= 15 is 0 Å². The largest absolute Gasteiger partial charge is 0.334 e. The van der Waals surface area contributed by atoms with Gasteiger partial charge in [-0.15, -0.1) is 0 Å². The Morgan fingerprint density at radius 1 is 0.758 bits per heavy atom. The topological polar surface area (TPSA) is 85.1 Å². The van der Waals surface area contributed by atoms with Crippen molar-refractivity contribution in [2.45, 2.75) is 4.90 Å². The molecule has 0 amide bonds. The maximum atomic E-state index is 12.7. The summed E-state index contributed by atoms with van der Waals surface area (Å²) in [6.45, 7) is 0. The summed E-state index contributed by atoms with van der Waals surface area (Å²) in [5, 5.41) is 6.27. The molecule has 1 N–H and O–H groups in total. The number of benzene rings is 4. The maximum absolute atomic E-state index is 12.7. The van der Waals surface area contributed by atoms with Crippen LogP contribution in [0.4, 0.5) is 5.69 Å². The molecule has 9 heteroatoms. The average Bonchev–Trinajstić information content (AvgIpc) is 3.29. The third-order valence-corrected chi connectivity index (χ3v) is 6.74. The number of aromatic nitrogens is 2. The van der Waals surface area contributed by atoms with Gasteiger partial charge in [-0.2, -0.15) is 4.98 Å². The van der Waals surface area contributed by atoms with Crippen molar-refractivity contribution >= 4 is 49.7 Å². The van der Waals surface area contributed by atoms with Crippen molar-refractivity contribution in [3.8, 4) is 22.8 Å². The molecule has 164 valence electrons. The van der Waals surface area contributed by atoms with E-state index < -0.39 is 10.0 Å². The smallest absolute Gasteiger partial charge is 0.261 e. The molecule has 0 aliphatic heterocycles. The Hall–Kier alpha value is -3.39. The van der Waals surface area contributed by atoms with Gasteiger partial charge in [-0.3, -0.25) is 4.72 Å². The van der Waals surface area contributed by atoms with Crippen molar-refractivity contribution in [2.24, 2.45) is 0 Å². The zero-order valence-corrected chi connectivity index (χ0v) is 19.2. The van der Waals surface area contributed by atoms with Crippen LogP contribution in [0, 0.1) is 0 Å². The van der Waals surface area contributed by atoms with Crippen LogP contribution < -0.4 is 4.72 Å². The molecule has 33 heavy (non-hydrogen) atoms. The van der Waals surface area contributed by atoms with Crippen LogP contribution in [0.3, 0.4) is 0 Å². The molecule has 0 aliphatic carbocycles. The van der Waals surface area contributed by atoms with Crippen molar-refractivity contribution < 1.29 is 12.9 Å². The van der Waals surface area contributed by atoms with E-state index in [9.17, 15) is 8.42 Å². The third kappa shape index (κ3) is 4.57. The molecule has 4 aromatic carbocycles. The summed E-state index contributed by atoms with van der Waals surface area (Å²) in [4.78, 5) is 4.47. The lowest BCUT2D eigenvalue weighted by atomic mass is 10.1. The van der Waals surface area contributed by atoms with E-state index in [0.29, 0.717) is 17.4 Å². The lowest BCUT2D eigenvalue weighted by molar-refractivity contribution is 0.432. The predicted octanol–water partition coefficient (Wildman–Crippen LogP) is 6.66. The van der Waals surface area contributed by atoms with Crippen LogP contribution in [-0.4, -0.2) is 18.6 Å². The van der Waals surface area contributed by atoms with Crippen LogP contribution >= 0.6 is 23.2 Å². The van der Waals surface area contributed by atoms with Gasteiger partial charge in [0, 0.05) is 26.9 Å². The van der Waals surface area contributed by atoms with Gasteiger partial charge in [0.05, 0.1) is 4.90 Å². The molecule has 6 nitrogen and oxygen atoms in total. The first-order valence-corrected chi connectivity index (χ1v) is 12.0. The lowest BCUT2D eigenvalue weighted by Crippen LogP contribution is -2.12. The van der Waals surface area contributed by atoms with Gasteiger partial charge in [0.2, 0.25) is 5.82 Å². The average molecular weight is 496 g/mol. The molecule has 0 radical (unpaired) electrons. The second kappa shape index (κ2) is 8.51. The fourth-order valence-corrected chi connectivity index (χ4v) is 5.16. The highest BCUT2D eigenvalue weighted by Gasteiger charge is 2.16. The maximum Gasteiger partial charge on any atom is 0.261 e. The number of sulfonamides is 1. The van der Waals surface area contributed by atoms with Crippen LogP contribution in [0.2, 0.25) is 10.0 Å². The minimum Gasteiger partial charge on any atom is -0.334 e. The van der Waals surface area contributed by atoms with Crippen molar-refractivity contribution in [1.82, 2.24) is 10.1 Å². The van der Waals surface area contributed by atoms with Crippen LogP contribution in [0.5, 0.6) is 0 Å². The first-order valence-electron chi connectivity index (χ1n) is 9.80. The Bertz CT molecular complexity index is 1570. The molecule has 0 saturated heterocycles. The van der Waals surface area contributed by atoms with E-state index in [1.807, 2.05) is 54.6 Å². The molecule has 0 spiro atoms. The summed E-state index contributed by atoms with van der Waals surface area (Å²) in [6, 6.07) is 24.6. The molecule has 5 aromatic rings. The number of nitrogens with zero attached hydrogens (tertiary/aromatic N) is 2. The standard InChI is InChI=1S/C24H15Cl2N3O3S/c25-19-12-20(26)14-22(13-19)33(30,31)29-21-9-8-16-10-18(7-6-17(16)11-21)24-27-23(28-32-24)15-4-2-1-3-5-15/h1-14,29H. The fourth-order valence-electron chi connectivity index (χ4n) is 3.39. The summed E-state index contributed by atoms with van der Waals surface area (Å²) < 4.78 is 33.5. The number of fused-ring (bicyclic) bond motifs is 1. The molecule has 0 atom stereocenters. The Morgan fingerprint density at radius 2 is 1.45 bits per heavy atom. The minimum absolute atomic E-state index is 0.0129. The van der Waals surface area contributed by atoms with E-state index in [-0.39, 0.29) is 14.9 Å². The Morgan fingerprint density at radius 3 is 2.21 bits per heavy atom. The number of anilines is 1. The van der Waals surface area contributed by atoms with E-state index in [4.69, 9.17) is 27.7 Å². The van der Waals surface area contributed by atoms with E-state index in [1.54, 1.807) is 12.1 Å². The van der Waals surface area contributed by atoms with Gasteiger partial charge in [-0.1, -0.05) is 70.8 Å². The summed E-state index contributed by atoms with van der Waals surface area (Å²) in [5.74, 6) is 0.912. The van der Waals surface area contributed by atoms with Gasteiger partial charge >= 0.3 is 0 Å². The monoisotopic (exact) mass is 495 g/mol. The Labute approximate surface area is 199 Å². The fraction of sp³-hybridized carbons (Fsp3) is 0. The Balaban J connectivity index is 1.42. The number of hydrogen-bond donors (Lipinski definition) is 1. The molecule has 0 fully saturated rings. The molecule has 0 unspecified atom stereocenters. The third-order valence-electron chi connectivity index (χ3n) is 4.94. The van der Waals surface area contributed by atoms with Gasteiger partial charge in [0.15, 0.2) is 0 Å². The number of hydrogen-bond acceptors (Lipinski definition) is 5. The molecule has 0 bridgehead atoms. The van der Waals surface area contributed by atoms with Gasteiger partial charge in [-0.25, -0.2) is 8.42 Å². The van der Waals surface area contributed by atoms with Crippen LogP contribution in [0.25, 0.3) is 33.6 Å². The quantitative estimate of drug-likeness (QED) is 0.294. The summed E-state index contributed by atoms with van der Waals surface area (Å²) in [6.07, 6.45) is 0. The van der Waals surface area contributed by atoms with Crippen LogP contribution in [0.1, 0.15) is 0 Å². The van der Waals surface area contributed by atoms with Gasteiger partial charge < -0.3 is 4.52 Å². The van der Waals surface area contributed by atoms with Crippen LogP contribution in [0.15, 0.2) is 94.3 Å². The number of nitrogens with one attached hydrogen (secondary N) is 1. The van der Waals surface area contributed by atoms with Crippen molar-refractivity contribution in [1.29, 1.82) is 0 Å². The van der Waals surface area contributed by atoms with Crippen molar-refractivity contribution in [2.75, 3.05) is 4.72 Å². The lowest BCUT2D eigenvalue weighted by Gasteiger charge is -2.10. The summed E-state index contributed by atoms with van der Waals surface area (Å²) in [5.41, 5.74) is 2.04. The van der Waals surface area contributed by atoms with Gasteiger partial charge in [-0.05, 0) is 53.2 Å².